The zero-order valence-electron chi connectivity index (χ0n) is 14.8. The molecule has 0 bridgehead atoms. The van der Waals surface area contributed by atoms with Crippen molar-refractivity contribution in [1.82, 2.24) is 19.6 Å². The van der Waals surface area contributed by atoms with Crippen LogP contribution in [0.3, 0.4) is 0 Å². The average molecular weight is 325 g/mol. The molecule has 2 aliphatic heterocycles. The smallest absolute Gasteiger partial charge is 0.160 e. The summed E-state index contributed by atoms with van der Waals surface area (Å²) in [6.45, 7) is 9.92. The van der Waals surface area contributed by atoms with Crippen molar-refractivity contribution in [2.24, 2.45) is 16.4 Å². The molecule has 0 amide bonds. The lowest BCUT2D eigenvalue weighted by Crippen LogP contribution is -2.34. The molecular weight excluding hydrogens is 300 g/mol. The van der Waals surface area contributed by atoms with E-state index in [1.165, 1.54) is 5.71 Å². The molecule has 2 aromatic rings. The molecule has 0 spiro atoms. The van der Waals surface area contributed by atoms with Crippen LogP contribution in [0.5, 0.6) is 0 Å². The van der Waals surface area contributed by atoms with Gasteiger partial charge in [-0.15, -0.1) is 10.2 Å². The Morgan fingerprint density at radius 1 is 1.29 bits per heavy atom. The van der Waals surface area contributed by atoms with Gasteiger partial charge in [-0.2, -0.15) is 0 Å². The largest absolute Gasteiger partial charge is 0.537 e. The van der Waals surface area contributed by atoms with E-state index >= 15 is 0 Å². The standard InChI is InChI=1S/C18H25N6/c1-12(17-21-19-15-7-5-6-8-23(15)17)9-13-10-14-16(18(2,3)4)20-22-24(14)11-13/h5-8,12-14H,9-11H2,1-4H3/q-1. The van der Waals surface area contributed by atoms with Crippen molar-refractivity contribution < 1.29 is 0 Å². The predicted molar refractivity (Wildman–Crippen MR) is 94.9 cm³/mol. The minimum Gasteiger partial charge on any atom is -0.537 e. The van der Waals surface area contributed by atoms with Crippen molar-refractivity contribution in [3.8, 4) is 0 Å². The highest BCUT2D eigenvalue weighted by Crippen LogP contribution is 2.40. The van der Waals surface area contributed by atoms with E-state index in [1.807, 2.05) is 24.4 Å². The molecule has 0 aromatic carbocycles. The van der Waals surface area contributed by atoms with Gasteiger partial charge in [0.2, 0.25) is 0 Å². The Labute approximate surface area is 142 Å². The predicted octanol–water partition coefficient (Wildman–Crippen LogP) is 3.62. The van der Waals surface area contributed by atoms with Crippen LogP contribution >= 0.6 is 0 Å². The van der Waals surface area contributed by atoms with E-state index < -0.39 is 0 Å². The summed E-state index contributed by atoms with van der Waals surface area (Å²) in [6.07, 6.45) is 4.30. The van der Waals surface area contributed by atoms with Crippen molar-refractivity contribution in [3.05, 3.63) is 35.8 Å². The maximum Gasteiger partial charge on any atom is 0.160 e. The second kappa shape index (κ2) is 5.55. The summed E-state index contributed by atoms with van der Waals surface area (Å²) >= 11 is 0. The molecule has 1 saturated heterocycles. The lowest BCUT2D eigenvalue weighted by atomic mass is 9.83. The molecule has 6 heteroatoms. The summed E-state index contributed by atoms with van der Waals surface area (Å²) in [6, 6.07) is 6.42. The Kier molecular flexibility index (Phi) is 3.60. The van der Waals surface area contributed by atoms with Crippen LogP contribution in [-0.2, 0) is 0 Å². The molecular formula is C18H25N6-. The lowest BCUT2D eigenvalue weighted by molar-refractivity contribution is 0.370. The molecule has 3 unspecified atom stereocenters. The summed E-state index contributed by atoms with van der Waals surface area (Å²) in [7, 11) is 0. The normalized spacial score (nSPS) is 25.6. The van der Waals surface area contributed by atoms with Crippen molar-refractivity contribution in [3.63, 3.8) is 0 Å². The van der Waals surface area contributed by atoms with Crippen LogP contribution < -0.4 is 0 Å². The SMILES string of the molecule is CC(CC1CC2C(C(C)(C)C)=N[N-]N2C1)c1nnc2ccccn12. The Bertz CT molecular complexity index is 771. The number of aromatic nitrogens is 3. The summed E-state index contributed by atoms with van der Waals surface area (Å²) < 4.78 is 2.10. The van der Waals surface area contributed by atoms with Gasteiger partial charge in [0.05, 0.1) is 0 Å². The molecule has 24 heavy (non-hydrogen) atoms. The van der Waals surface area contributed by atoms with Gasteiger partial charge in [0.15, 0.2) is 5.65 Å². The van der Waals surface area contributed by atoms with Gasteiger partial charge in [-0.1, -0.05) is 33.8 Å². The van der Waals surface area contributed by atoms with Gasteiger partial charge in [-0.05, 0) is 42.9 Å². The van der Waals surface area contributed by atoms with E-state index in [0.29, 0.717) is 17.9 Å². The van der Waals surface area contributed by atoms with Crippen LogP contribution in [-0.4, -0.2) is 37.9 Å². The third kappa shape index (κ3) is 2.59. The second-order valence-electron chi connectivity index (χ2n) is 8.19. The summed E-state index contributed by atoms with van der Waals surface area (Å²) in [5.41, 5.74) is 6.64. The fourth-order valence-electron chi connectivity index (χ4n) is 4.05. The van der Waals surface area contributed by atoms with E-state index in [2.05, 4.69) is 57.9 Å². The van der Waals surface area contributed by atoms with Gasteiger partial charge in [-0.3, -0.25) is 4.40 Å². The summed E-state index contributed by atoms with van der Waals surface area (Å²) in [4.78, 5) is 0. The fourth-order valence-corrected chi connectivity index (χ4v) is 4.05. The Morgan fingerprint density at radius 3 is 2.92 bits per heavy atom. The van der Waals surface area contributed by atoms with Crippen LogP contribution in [0.2, 0.25) is 0 Å². The van der Waals surface area contributed by atoms with Gasteiger partial charge in [0.25, 0.3) is 0 Å². The lowest BCUT2D eigenvalue weighted by Gasteiger charge is -2.29. The first kappa shape index (κ1) is 15.6. The van der Waals surface area contributed by atoms with Crippen LogP contribution in [0.25, 0.3) is 11.2 Å². The average Bonchev–Trinajstić information content (AvgIpc) is 3.18. The third-order valence-electron chi connectivity index (χ3n) is 5.18. The Morgan fingerprint density at radius 2 is 2.12 bits per heavy atom. The highest BCUT2D eigenvalue weighted by molar-refractivity contribution is 5.96. The molecule has 2 aromatic heterocycles. The number of nitrogens with zero attached hydrogens (tertiary/aromatic N) is 6. The Hall–Kier alpha value is -1.95. The van der Waals surface area contributed by atoms with Gasteiger partial charge in [0.1, 0.15) is 5.82 Å². The first-order valence-electron chi connectivity index (χ1n) is 8.79. The van der Waals surface area contributed by atoms with Crippen LogP contribution in [0.1, 0.15) is 52.3 Å². The highest BCUT2D eigenvalue weighted by atomic mass is 15.7. The Balaban J connectivity index is 1.47. The van der Waals surface area contributed by atoms with Crippen LogP contribution in [0.4, 0.5) is 0 Å². The first-order chi connectivity index (χ1) is 11.4. The van der Waals surface area contributed by atoms with Gasteiger partial charge in [0, 0.05) is 23.9 Å². The van der Waals surface area contributed by atoms with Crippen molar-refractivity contribution in [2.75, 3.05) is 6.54 Å². The van der Waals surface area contributed by atoms with Gasteiger partial charge >= 0.3 is 0 Å². The third-order valence-corrected chi connectivity index (χ3v) is 5.18. The first-order valence-corrected chi connectivity index (χ1v) is 8.79. The van der Waals surface area contributed by atoms with Crippen molar-refractivity contribution in [1.29, 1.82) is 0 Å². The second-order valence-corrected chi connectivity index (χ2v) is 8.19. The zero-order valence-corrected chi connectivity index (χ0v) is 14.8. The molecule has 0 aliphatic carbocycles. The number of pyridine rings is 1. The van der Waals surface area contributed by atoms with E-state index in [-0.39, 0.29) is 5.41 Å². The number of fused-ring (bicyclic) bond motifs is 2. The fraction of sp³-hybridized carbons (Fsp3) is 0.611. The maximum absolute atomic E-state index is 4.44. The molecule has 4 rings (SSSR count). The van der Waals surface area contributed by atoms with Gasteiger partial charge < -0.3 is 15.6 Å². The number of hydrogen-bond acceptors (Lipinski definition) is 4. The molecule has 0 N–H and O–H groups in total. The number of rotatable bonds is 3. The molecule has 1 fully saturated rings. The zero-order chi connectivity index (χ0) is 16.9. The van der Waals surface area contributed by atoms with Crippen LogP contribution in [0.15, 0.2) is 29.5 Å². The monoisotopic (exact) mass is 325 g/mol. The number of hydrogen-bond donors (Lipinski definition) is 0. The van der Waals surface area contributed by atoms with Crippen LogP contribution in [0, 0.1) is 11.3 Å². The molecule has 0 saturated carbocycles. The summed E-state index contributed by atoms with van der Waals surface area (Å²) in [5, 5.41) is 15.3. The van der Waals surface area contributed by atoms with E-state index in [9.17, 15) is 0 Å². The van der Waals surface area contributed by atoms with Gasteiger partial charge in [-0.25, -0.2) is 0 Å². The van der Waals surface area contributed by atoms with Crippen molar-refractivity contribution >= 4 is 11.4 Å². The molecule has 3 atom stereocenters. The molecule has 0 radical (unpaired) electrons. The van der Waals surface area contributed by atoms with E-state index in [0.717, 1.165) is 30.9 Å². The minimum absolute atomic E-state index is 0.0899. The molecule has 6 nitrogen and oxygen atoms in total. The highest BCUT2D eigenvalue weighted by Gasteiger charge is 2.38. The minimum atomic E-state index is 0.0899. The molecule has 2 aliphatic rings. The summed E-state index contributed by atoms with van der Waals surface area (Å²) in [5.74, 6) is 2.06. The van der Waals surface area contributed by atoms with E-state index in [1.54, 1.807) is 0 Å². The topological polar surface area (TPSA) is 59.9 Å². The quantitative estimate of drug-likeness (QED) is 0.866. The van der Waals surface area contributed by atoms with E-state index in [4.69, 9.17) is 0 Å². The van der Waals surface area contributed by atoms with Crippen molar-refractivity contribution in [2.45, 2.75) is 52.5 Å². The maximum atomic E-state index is 4.44. The molecule has 4 heterocycles. The molecule has 128 valence electrons.